The summed E-state index contributed by atoms with van der Waals surface area (Å²) in [6.45, 7) is 15.1. The number of imide groups is 1. The molecule has 0 aliphatic carbocycles. The molecule has 1 unspecified atom stereocenters. The molecule has 0 fully saturated rings. The molecule has 3 aromatic rings. The van der Waals surface area contributed by atoms with Crippen molar-refractivity contribution in [2.24, 2.45) is 7.05 Å². The lowest BCUT2D eigenvalue weighted by Crippen LogP contribution is -2.36. The van der Waals surface area contributed by atoms with Crippen LogP contribution >= 0.6 is 0 Å². The first kappa shape index (κ1) is 29.1. The van der Waals surface area contributed by atoms with Crippen LogP contribution in [0.3, 0.4) is 0 Å². The largest absolute Gasteiger partial charge is 0.475 e. The van der Waals surface area contributed by atoms with Crippen molar-refractivity contribution in [1.82, 2.24) is 25.3 Å². The van der Waals surface area contributed by atoms with Crippen molar-refractivity contribution in [2.45, 2.75) is 58.8 Å². The van der Waals surface area contributed by atoms with E-state index in [1.54, 1.807) is 10.9 Å². The van der Waals surface area contributed by atoms with Crippen LogP contribution in [0, 0.1) is 12.3 Å². The Bertz CT molecular complexity index is 1370. The lowest BCUT2D eigenvalue weighted by atomic mass is 10.0. The summed E-state index contributed by atoms with van der Waals surface area (Å²) in [6.07, 6.45) is 9.55. The van der Waals surface area contributed by atoms with Gasteiger partial charge < -0.3 is 15.0 Å². The van der Waals surface area contributed by atoms with Crippen LogP contribution in [0.25, 0.3) is 16.8 Å². The molecule has 0 saturated carbocycles. The second-order valence-corrected chi connectivity index (χ2v) is 10.2. The zero-order valence-electron chi connectivity index (χ0n) is 23.5. The predicted molar refractivity (Wildman–Crippen MR) is 154 cm³/mol. The molecule has 2 heterocycles. The second kappa shape index (κ2) is 12.4. The Labute approximate surface area is 231 Å². The van der Waals surface area contributed by atoms with E-state index in [0.717, 1.165) is 34.7 Å². The highest BCUT2D eigenvalue weighted by atomic mass is 16.5. The first-order valence-corrected chi connectivity index (χ1v) is 12.8. The van der Waals surface area contributed by atoms with Crippen LogP contribution < -0.4 is 15.4 Å². The van der Waals surface area contributed by atoms with Gasteiger partial charge in [-0.25, -0.2) is 4.79 Å². The van der Waals surface area contributed by atoms with Gasteiger partial charge in [0.2, 0.25) is 6.41 Å². The number of benzene rings is 2. The summed E-state index contributed by atoms with van der Waals surface area (Å²) in [5, 5.41) is 8.84. The standard InChI is InChI=1S/C17H21NO.C14H16N4O2/c1-7-17(5,6)19-15-9-8-14-11-18(12(2)3)13(4)16(14)10-15;1-10(17-14(20)15-9-19)11-3-5-12(6-4-11)13-7-16-18(2)8-13/h1,8-10,12H,4,11H2,2-3,5-6H3;3-10H,1-2H3,(H2,15,17,19,20). The van der Waals surface area contributed by atoms with Gasteiger partial charge in [-0.05, 0) is 63.4 Å². The average molecular weight is 528 g/mol. The third kappa shape index (κ3) is 7.51. The molecule has 8 heteroatoms. The smallest absolute Gasteiger partial charge is 0.321 e. The number of carbonyl (C=O) groups is 2. The van der Waals surface area contributed by atoms with Crippen LogP contribution in [-0.4, -0.2) is 38.8 Å². The minimum atomic E-state index is -0.591. The van der Waals surface area contributed by atoms with E-state index in [2.05, 4.69) is 47.7 Å². The number of fused-ring (bicyclic) bond motifs is 1. The number of nitrogens with zero attached hydrogens (tertiary/aromatic N) is 3. The third-order valence-electron chi connectivity index (χ3n) is 6.41. The molecule has 2 aromatic carbocycles. The number of nitrogens with one attached hydrogen (secondary N) is 2. The van der Waals surface area contributed by atoms with Gasteiger partial charge in [-0.3, -0.25) is 14.8 Å². The third-order valence-corrected chi connectivity index (χ3v) is 6.41. The Morgan fingerprint density at radius 2 is 1.87 bits per heavy atom. The average Bonchev–Trinajstić information content (AvgIpc) is 3.47. The maximum Gasteiger partial charge on any atom is 0.321 e. The molecule has 0 bridgehead atoms. The summed E-state index contributed by atoms with van der Waals surface area (Å²) >= 11 is 0. The number of carbonyl (C=O) groups excluding carboxylic acids is 2. The van der Waals surface area contributed by atoms with E-state index in [0.29, 0.717) is 12.5 Å². The molecular formula is C31H37N5O3. The number of aromatic nitrogens is 2. The number of ether oxygens (including phenoxy) is 1. The van der Waals surface area contributed by atoms with Crippen molar-refractivity contribution in [2.75, 3.05) is 0 Å². The molecule has 0 radical (unpaired) electrons. The lowest BCUT2D eigenvalue weighted by molar-refractivity contribution is -0.108. The number of hydrogen-bond acceptors (Lipinski definition) is 5. The van der Waals surface area contributed by atoms with Gasteiger partial charge in [0.05, 0.1) is 12.2 Å². The van der Waals surface area contributed by atoms with E-state index in [1.807, 2.05) is 75.7 Å². The summed E-state index contributed by atoms with van der Waals surface area (Å²) in [6, 6.07) is 13.7. The monoisotopic (exact) mass is 527 g/mol. The fourth-order valence-electron chi connectivity index (χ4n) is 4.19. The number of aryl methyl sites for hydroxylation is 1. The maximum absolute atomic E-state index is 11.3. The summed E-state index contributed by atoms with van der Waals surface area (Å²) in [7, 11) is 1.87. The first-order valence-electron chi connectivity index (χ1n) is 12.8. The highest BCUT2D eigenvalue weighted by Gasteiger charge is 2.25. The first-order chi connectivity index (χ1) is 18.4. The summed E-state index contributed by atoms with van der Waals surface area (Å²) < 4.78 is 7.57. The van der Waals surface area contributed by atoms with Crippen molar-refractivity contribution in [3.05, 3.63) is 78.1 Å². The number of urea groups is 1. The van der Waals surface area contributed by atoms with E-state index in [-0.39, 0.29) is 6.04 Å². The molecule has 1 aliphatic rings. The van der Waals surface area contributed by atoms with Gasteiger partial charge in [0.1, 0.15) is 5.75 Å². The van der Waals surface area contributed by atoms with E-state index in [1.165, 1.54) is 11.1 Å². The quantitative estimate of drug-likeness (QED) is 0.323. The van der Waals surface area contributed by atoms with Gasteiger partial charge >= 0.3 is 6.03 Å². The molecule has 39 heavy (non-hydrogen) atoms. The maximum atomic E-state index is 11.3. The molecular weight excluding hydrogens is 490 g/mol. The Balaban J connectivity index is 0.000000216. The summed E-state index contributed by atoms with van der Waals surface area (Å²) in [4.78, 5) is 23.7. The molecule has 8 nitrogen and oxygen atoms in total. The van der Waals surface area contributed by atoms with Crippen molar-refractivity contribution in [3.63, 3.8) is 0 Å². The molecule has 2 N–H and O–H groups in total. The van der Waals surface area contributed by atoms with Gasteiger partial charge in [0, 0.05) is 42.7 Å². The Hall–Kier alpha value is -4.51. The van der Waals surface area contributed by atoms with Crippen LogP contribution in [0.15, 0.2) is 61.4 Å². The summed E-state index contributed by atoms with van der Waals surface area (Å²) in [5.74, 6) is 3.44. The van der Waals surface area contributed by atoms with Crippen LogP contribution in [0.1, 0.15) is 57.4 Å². The molecule has 1 aliphatic heterocycles. The number of rotatable bonds is 7. The fraction of sp³-hybridized carbons (Fsp3) is 0.323. The van der Waals surface area contributed by atoms with Crippen LogP contribution in [-0.2, 0) is 18.4 Å². The Morgan fingerprint density at radius 3 is 2.44 bits per heavy atom. The van der Waals surface area contributed by atoms with Crippen molar-refractivity contribution < 1.29 is 14.3 Å². The predicted octanol–water partition coefficient (Wildman–Crippen LogP) is 5.28. The van der Waals surface area contributed by atoms with Crippen LogP contribution in [0.2, 0.25) is 0 Å². The molecule has 4 rings (SSSR count). The molecule has 1 aromatic heterocycles. The van der Waals surface area contributed by atoms with E-state index < -0.39 is 11.6 Å². The van der Waals surface area contributed by atoms with E-state index in [9.17, 15) is 9.59 Å². The van der Waals surface area contributed by atoms with Gasteiger partial charge in [0.25, 0.3) is 0 Å². The lowest BCUT2D eigenvalue weighted by Gasteiger charge is -2.24. The molecule has 0 spiro atoms. The molecule has 3 amide bonds. The highest BCUT2D eigenvalue weighted by molar-refractivity contribution is 5.84. The van der Waals surface area contributed by atoms with Crippen LogP contribution in [0.4, 0.5) is 4.79 Å². The highest BCUT2D eigenvalue weighted by Crippen LogP contribution is 2.36. The fourth-order valence-corrected chi connectivity index (χ4v) is 4.19. The SMILES string of the molecule is C#CC(C)(C)Oc1ccc2c(c1)C(=C)N(C(C)C)C2.CC(NC(=O)NC=O)c1ccc(-c2cnn(C)c2)cc1. The zero-order chi connectivity index (χ0) is 28.7. The second-order valence-electron chi connectivity index (χ2n) is 10.2. The van der Waals surface area contributed by atoms with Gasteiger partial charge in [-0.2, -0.15) is 5.10 Å². The van der Waals surface area contributed by atoms with Crippen LogP contribution in [0.5, 0.6) is 5.75 Å². The van der Waals surface area contributed by atoms with Gasteiger partial charge in [-0.1, -0.05) is 42.8 Å². The van der Waals surface area contributed by atoms with E-state index in [4.69, 9.17) is 11.2 Å². The van der Waals surface area contributed by atoms with Crippen molar-refractivity contribution >= 4 is 18.1 Å². The number of terminal acetylenes is 1. The van der Waals surface area contributed by atoms with E-state index >= 15 is 0 Å². The summed E-state index contributed by atoms with van der Waals surface area (Å²) in [5.41, 5.74) is 5.99. The molecule has 0 saturated heterocycles. The number of hydrogen-bond donors (Lipinski definition) is 2. The minimum Gasteiger partial charge on any atom is -0.475 e. The molecule has 1 atom stereocenters. The topological polar surface area (TPSA) is 88.5 Å². The van der Waals surface area contributed by atoms with Crippen molar-refractivity contribution in [1.29, 1.82) is 0 Å². The molecule has 204 valence electrons. The zero-order valence-corrected chi connectivity index (χ0v) is 23.5. The Kier molecular flexibility index (Phi) is 9.20. The van der Waals surface area contributed by atoms with Gasteiger partial charge in [0.15, 0.2) is 5.60 Å². The Morgan fingerprint density at radius 1 is 1.18 bits per heavy atom. The normalized spacial score (nSPS) is 13.1. The van der Waals surface area contributed by atoms with Gasteiger partial charge in [-0.15, -0.1) is 6.42 Å². The minimum absolute atomic E-state index is 0.183. The number of amides is 3. The van der Waals surface area contributed by atoms with Crippen molar-refractivity contribution in [3.8, 4) is 29.2 Å².